The summed E-state index contributed by atoms with van der Waals surface area (Å²) in [5.41, 5.74) is 12.1. The summed E-state index contributed by atoms with van der Waals surface area (Å²) in [6, 6.07) is 10.5. The lowest BCUT2D eigenvalue weighted by Crippen LogP contribution is -1.98. The van der Waals surface area contributed by atoms with Gasteiger partial charge in [0.2, 0.25) is 0 Å². The number of nitrogen functional groups attached to an aromatic ring is 1. The van der Waals surface area contributed by atoms with Crippen LogP contribution < -0.4 is 5.73 Å². The summed E-state index contributed by atoms with van der Waals surface area (Å²) in [5, 5.41) is 6.81. The highest BCUT2D eigenvalue weighted by Gasteiger charge is 2.21. The van der Waals surface area contributed by atoms with Crippen LogP contribution in [0.2, 0.25) is 0 Å². The van der Waals surface area contributed by atoms with E-state index in [4.69, 9.17) is 5.73 Å². The summed E-state index contributed by atoms with van der Waals surface area (Å²) in [4.78, 5) is 1.23. The standard InChI is InChI=1S/C17H19N3S/c1-4-12-9-10-21-16(12)15-14(17(18)20(3)19-15)13-8-6-5-7-11(13)2/h5-10H,4,18H2,1-3H3. The molecule has 0 fully saturated rings. The minimum Gasteiger partial charge on any atom is -0.383 e. The van der Waals surface area contributed by atoms with Crippen molar-refractivity contribution in [3.8, 4) is 21.7 Å². The number of hydrogen-bond acceptors (Lipinski definition) is 3. The van der Waals surface area contributed by atoms with Crippen LogP contribution in [0.4, 0.5) is 5.82 Å². The lowest BCUT2D eigenvalue weighted by atomic mass is 9.98. The zero-order valence-electron chi connectivity index (χ0n) is 12.6. The molecule has 0 aliphatic rings. The van der Waals surface area contributed by atoms with Crippen LogP contribution in [0.25, 0.3) is 21.7 Å². The van der Waals surface area contributed by atoms with Gasteiger partial charge >= 0.3 is 0 Å². The number of aromatic nitrogens is 2. The second-order valence-corrected chi connectivity index (χ2v) is 6.09. The maximum Gasteiger partial charge on any atom is 0.129 e. The molecule has 0 aliphatic heterocycles. The lowest BCUT2D eigenvalue weighted by molar-refractivity contribution is 0.782. The van der Waals surface area contributed by atoms with Gasteiger partial charge in [-0.2, -0.15) is 5.10 Å². The second kappa shape index (κ2) is 5.37. The van der Waals surface area contributed by atoms with Crippen LogP contribution in [-0.4, -0.2) is 9.78 Å². The van der Waals surface area contributed by atoms with Gasteiger partial charge in [-0.25, -0.2) is 0 Å². The topological polar surface area (TPSA) is 43.8 Å². The average molecular weight is 297 g/mol. The van der Waals surface area contributed by atoms with Gasteiger partial charge in [-0.1, -0.05) is 31.2 Å². The van der Waals surface area contributed by atoms with Crippen molar-refractivity contribution >= 4 is 17.2 Å². The number of nitrogens with two attached hydrogens (primary N) is 1. The first-order chi connectivity index (χ1) is 10.1. The molecule has 0 bridgehead atoms. The van der Waals surface area contributed by atoms with Gasteiger partial charge in [0.25, 0.3) is 0 Å². The molecule has 3 rings (SSSR count). The van der Waals surface area contributed by atoms with E-state index in [1.807, 2.05) is 19.2 Å². The summed E-state index contributed by atoms with van der Waals surface area (Å²) in [6.45, 7) is 4.28. The van der Waals surface area contributed by atoms with Gasteiger partial charge in [-0.05, 0) is 41.5 Å². The van der Waals surface area contributed by atoms with Gasteiger partial charge in [0.15, 0.2) is 0 Å². The number of hydrogen-bond donors (Lipinski definition) is 1. The first-order valence-corrected chi connectivity index (χ1v) is 7.96. The summed E-state index contributed by atoms with van der Waals surface area (Å²) in [7, 11) is 1.90. The molecule has 3 nitrogen and oxygen atoms in total. The van der Waals surface area contributed by atoms with Gasteiger partial charge in [0.1, 0.15) is 11.5 Å². The molecule has 0 spiro atoms. The SMILES string of the molecule is CCc1ccsc1-c1nn(C)c(N)c1-c1ccccc1C. The van der Waals surface area contributed by atoms with E-state index >= 15 is 0 Å². The molecule has 108 valence electrons. The summed E-state index contributed by atoms with van der Waals surface area (Å²) in [6.07, 6.45) is 1.00. The summed E-state index contributed by atoms with van der Waals surface area (Å²) >= 11 is 1.73. The van der Waals surface area contributed by atoms with Crippen LogP contribution in [-0.2, 0) is 13.5 Å². The number of nitrogens with zero attached hydrogens (tertiary/aromatic N) is 2. The monoisotopic (exact) mass is 297 g/mol. The normalized spacial score (nSPS) is 11.0. The van der Waals surface area contributed by atoms with Crippen molar-refractivity contribution in [2.45, 2.75) is 20.3 Å². The van der Waals surface area contributed by atoms with Gasteiger partial charge in [0.05, 0.1) is 10.4 Å². The molecule has 0 amide bonds. The van der Waals surface area contributed by atoms with E-state index in [9.17, 15) is 0 Å². The van der Waals surface area contributed by atoms with Crippen molar-refractivity contribution in [1.29, 1.82) is 0 Å². The molecule has 4 heteroatoms. The Kier molecular flexibility index (Phi) is 3.55. The number of benzene rings is 1. The Morgan fingerprint density at radius 3 is 2.71 bits per heavy atom. The average Bonchev–Trinajstić information content (AvgIpc) is 3.05. The van der Waals surface area contributed by atoms with E-state index in [0.717, 1.165) is 29.1 Å². The molecule has 3 aromatic rings. The van der Waals surface area contributed by atoms with Gasteiger partial charge in [-0.3, -0.25) is 4.68 Å². The van der Waals surface area contributed by atoms with E-state index in [1.54, 1.807) is 16.0 Å². The first kappa shape index (κ1) is 13.9. The minimum atomic E-state index is 0.717. The Balaban J connectivity index is 2.29. The zero-order chi connectivity index (χ0) is 15.0. The van der Waals surface area contributed by atoms with Crippen LogP contribution in [0.3, 0.4) is 0 Å². The molecule has 0 saturated heterocycles. The molecule has 2 heterocycles. The van der Waals surface area contributed by atoms with E-state index < -0.39 is 0 Å². The largest absolute Gasteiger partial charge is 0.383 e. The fraction of sp³-hybridized carbons (Fsp3) is 0.235. The van der Waals surface area contributed by atoms with Crippen molar-refractivity contribution in [1.82, 2.24) is 9.78 Å². The highest BCUT2D eigenvalue weighted by Crippen LogP contribution is 2.40. The predicted octanol–water partition coefficient (Wildman–Crippen LogP) is 4.27. The van der Waals surface area contributed by atoms with Crippen LogP contribution in [0.15, 0.2) is 35.7 Å². The molecule has 2 aromatic heterocycles. The van der Waals surface area contributed by atoms with Crippen molar-refractivity contribution in [3.05, 3.63) is 46.8 Å². The maximum atomic E-state index is 6.31. The minimum absolute atomic E-state index is 0.717. The number of anilines is 1. The summed E-state index contributed by atoms with van der Waals surface area (Å²) in [5.74, 6) is 0.717. The molecule has 0 radical (unpaired) electrons. The molecular weight excluding hydrogens is 278 g/mol. The third-order valence-corrected chi connectivity index (χ3v) is 4.81. The number of aryl methyl sites for hydroxylation is 3. The quantitative estimate of drug-likeness (QED) is 0.784. The van der Waals surface area contributed by atoms with Crippen molar-refractivity contribution in [2.75, 3.05) is 5.73 Å². The van der Waals surface area contributed by atoms with E-state index in [2.05, 4.69) is 42.5 Å². The Bertz CT molecular complexity index is 783. The van der Waals surface area contributed by atoms with Crippen molar-refractivity contribution in [3.63, 3.8) is 0 Å². The van der Waals surface area contributed by atoms with Gasteiger partial charge < -0.3 is 5.73 Å². The van der Waals surface area contributed by atoms with E-state index in [1.165, 1.54) is 16.0 Å². The smallest absolute Gasteiger partial charge is 0.129 e. The van der Waals surface area contributed by atoms with Gasteiger partial charge in [-0.15, -0.1) is 11.3 Å². The molecule has 0 atom stereocenters. The molecule has 1 aromatic carbocycles. The van der Waals surface area contributed by atoms with E-state index in [0.29, 0.717) is 0 Å². The van der Waals surface area contributed by atoms with Crippen LogP contribution >= 0.6 is 11.3 Å². The Labute approximate surface area is 129 Å². The summed E-state index contributed by atoms with van der Waals surface area (Å²) < 4.78 is 1.77. The molecule has 0 aliphatic carbocycles. The fourth-order valence-electron chi connectivity index (χ4n) is 2.64. The molecule has 0 saturated carbocycles. The first-order valence-electron chi connectivity index (χ1n) is 7.08. The zero-order valence-corrected chi connectivity index (χ0v) is 13.4. The number of rotatable bonds is 3. The molecule has 21 heavy (non-hydrogen) atoms. The Morgan fingerprint density at radius 1 is 1.24 bits per heavy atom. The van der Waals surface area contributed by atoms with Gasteiger partial charge in [0, 0.05) is 7.05 Å². The molecule has 0 unspecified atom stereocenters. The third kappa shape index (κ3) is 2.25. The highest BCUT2D eigenvalue weighted by atomic mass is 32.1. The predicted molar refractivity (Wildman–Crippen MR) is 90.5 cm³/mol. The number of thiophene rings is 1. The molecular formula is C17H19N3S. The lowest BCUT2D eigenvalue weighted by Gasteiger charge is -2.07. The van der Waals surface area contributed by atoms with Crippen molar-refractivity contribution in [2.24, 2.45) is 7.05 Å². The maximum absolute atomic E-state index is 6.31. The fourth-order valence-corrected chi connectivity index (χ4v) is 3.62. The van der Waals surface area contributed by atoms with Crippen molar-refractivity contribution < 1.29 is 0 Å². The molecule has 2 N–H and O–H groups in total. The van der Waals surface area contributed by atoms with Crippen LogP contribution in [0.1, 0.15) is 18.1 Å². The Morgan fingerprint density at radius 2 is 2.00 bits per heavy atom. The highest BCUT2D eigenvalue weighted by molar-refractivity contribution is 7.13. The Hall–Kier alpha value is -2.07. The van der Waals surface area contributed by atoms with Crippen LogP contribution in [0.5, 0.6) is 0 Å². The van der Waals surface area contributed by atoms with E-state index in [-0.39, 0.29) is 0 Å². The third-order valence-electron chi connectivity index (χ3n) is 3.85. The second-order valence-electron chi connectivity index (χ2n) is 5.18. The van der Waals surface area contributed by atoms with Crippen LogP contribution in [0, 0.1) is 6.92 Å².